The van der Waals surface area contributed by atoms with Crippen LogP contribution >= 0.6 is 0 Å². The number of fused-ring (bicyclic) bond motifs is 12. The van der Waals surface area contributed by atoms with Crippen LogP contribution in [0.4, 0.5) is 0 Å². The van der Waals surface area contributed by atoms with Gasteiger partial charge in [-0.2, -0.15) is 0 Å². The van der Waals surface area contributed by atoms with Gasteiger partial charge in [-0.1, -0.05) is 190 Å². The molecule has 0 heteroatoms. The fourth-order valence-corrected chi connectivity index (χ4v) is 10.3. The van der Waals surface area contributed by atoms with Crippen LogP contribution < -0.4 is 0 Å². The van der Waals surface area contributed by atoms with Crippen LogP contribution in [0.3, 0.4) is 0 Å². The van der Waals surface area contributed by atoms with Gasteiger partial charge in [0.15, 0.2) is 0 Å². The van der Waals surface area contributed by atoms with Crippen LogP contribution in [0.25, 0.3) is 109 Å². The Labute approximate surface area is 332 Å². The molecule has 0 aromatic heterocycles. The molecule has 0 aliphatic heterocycles. The molecule has 0 unspecified atom stereocenters. The van der Waals surface area contributed by atoms with Crippen LogP contribution in [0.15, 0.2) is 194 Å². The molecule has 11 aromatic carbocycles. The van der Waals surface area contributed by atoms with E-state index in [9.17, 15) is 0 Å². The first kappa shape index (κ1) is 32.2. The van der Waals surface area contributed by atoms with E-state index in [1.54, 1.807) is 0 Å². The van der Waals surface area contributed by atoms with E-state index in [4.69, 9.17) is 0 Å². The second kappa shape index (κ2) is 12.0. The van der Waals surface area contributed by atoms with Crippen molar-refractivity contribution in [3.05, 3.63) is 205 Å². The van der Waals surface area contributed by atoms with Gasteiger partial charge in [0, 0.05) is 5.41 Å². The minimum absolute atomic E-state index is 0.142. The van der Waals surface area contributed by atoms with Gasteiger partial charge in [0.25, 0.3) is 0 Å². The van der Waals surface area contributed by atoms with Crippen molar-refractivity contribution in [2.24, 2.45) is 0 Å². The molecular formula is C57H38. The summed E-state index contributed by atoms with van der Waals surface area (Å²) in [5.74, 6) is 0. The molecular weight excluding hydrogens is 685 g/mol. The monoisotopic (exact) mass is 722 g/mol. The van der Waals surface area contributed by atoms with Crippen molar-refractivity contribution in [3.8, 4) is 44.5 Å². The zero-order valence-electron chi connectivity index (χ0n) is 32.0. The standard InChI is InChI=1S/C57H38/c1-57(2)53-33-38(42-19-9-14-35-12-3-5-15-41(35)42)28-30-49(53)50-31-29-39(34-54(50)57)43-20-10-22-46-45(43)21-11-23-47(46)52-32-40-27-26-37-25-24-36-13-4-6-16-44(36)55(37)56(40)51-18-8-7-17-48(51)52/h3-34H,1-2H3. The topological polar surface area (TPSA) is 0 Å². The molecule has 0 fully saturated rings. The van der Waals surface area contributed by atoms with E-state index < -0.39 is 0 Å². The Morgan fingerprint density at radius 3 is 1.40 bits per heavy atom. The molecule has 0 heterocycles. The molecule has 0 saturated carbocycles. The summed E-state index contributed by atoms with van der Waals surface area (Å²) in [6, 6.07) is 72.7. The van der Waals surface area contributed by atoms with Gasteiger partial charge in [0.1, 0.15) is 0 Å². The Morgan fingerprint density at radius 1 is 0.263 bits per heavy atom. The normalized spacial score (nSPS) is 13.2. The predicted octanol–water partition coefficient (Wildman–Crippen LogP) is 15.9. The van der Waals surface area contributed by atoms with E-state index >= 15 is 0 Å². The van der Waals surface area contributed by atoms with Crippen LogP contribution in [-0.4, -0.2) is 0 Å². The highest BCUT2D eigenvalue weighted by Gasteiger charge is 2.36. The Balaban J connectivity index is 1.01. The molecule has 0 nitrogen and oxygen atoms in total. The fraction of sp³-hybridized carbons (Fsp3) is 0.0526. The van der Waals surface area contributed by atoms with Crippen LogP contribution in [0, 0.1) is 0 Å². The molecule has 0 N–H and O–H groups in total. The van der Waals surface area contributed by atoms with Crippen molar-refractivity contribution in [3.63, 3.8) is 0 Å². The highest BCUT2D eigenvalue weighted by Crippen LogP contribution is 2.52. The van der Waals surface area contributed by atoms with Gasteiger partial charge in [-0.25, -0.2) is 0 Å². The molecule has 12 rings (SSSR count). The molecule has 1 aliphatic rings. The molecule has 0 saturated heterocycles. The zero-order valence-corrected chi connectivity index (χ0v) is 32.0. The zero-order chi connectivity index (χ0) is 37.8. The third kappa shape index (κ3) is 4.68. The van der Waals surface area contributed by atoms with Crippen molar-refractivity contribution in [1.82, 2.24) is 0 Å². The number of hydrogen-bond acceptors (Lipinski definition) is 0. The molecule has 266 valence electrons. The minimum atomic E-state index is -0.142. The smallest absolute Gasteiger partial charge is 0.0159 e. The molecule has 57 heavy (non-hydrogen) atoms. The first-order valence-corrected chi connectivity index (χ1v) is 20.1. The maximum Gasteiger partial charge on any atom is 0.0159 e. The fourth-order valence-electron chi connectivity index (χ4n) is 10.3. The lowest BCUT2D eigenvalue weighted by atomic mass is 9.80. The van der Waals surface area contributed by atoms with Gasteiger partial charge >= 0.3 is 0 Å². The largest absolute Gasteiger partial charge is 0.0616 e. The summed E-state index contributed by atoms with van der Waals surface area (Å²) in [6.07, 6.45) is 0. The minimum Gasteiger partial charge on any atom is -0.0616 e. The lowest BCUT2D eigenvalue weighted by molar-refractivity contribution is 0.661. The molecule has 0 atom stereocenters. The van der Waals surface area contributed by atoms with Crippen molar-refractivity contribution >= 4 is 64.6 Å². The Bertz CT molecular complexity index is 3480. The second-order valence-electron chi connectivity index (χ2n) is 16.4. The van der Waals surface area contributed by atoms with Gasteiger partial charge < -0.3 is 0 Å². The van der Waals surface area contributed by atoms with E-state index in [2.05, 4.69) is 208 Å². The SMILES string of the molecule is CC1(C)c2cc(-c3cccc4ccccc34)ccc2-c2ccc(-c3cccc4c(-c5cc6ccc7ccc8ccccc8c7c6c6ccccc56)cccc34)cc21. The van der Waals surface area contributed by atoms with Gasteiger partial charge in [-0.3, -0.25) is 0 Å². The highest BCUT2D eigenvalue weighted by atomic mass is 14.4. The highest BCUT2D eigenvalue weighted by molar-refractivity contribution is 6.29. The summed E-state index contributed by atoms with van der Waals surface area (Å²) in [5.41, 5.74) is 12.9. The molecule has 0 bridgehead atoms. The van der Waals surface area contributed by atoms with E-state index in [-0.39, 0.29) is 5.41 Å². The average Bonchev–Trinajstić information content (AvgIpc) is 3.49. The molecule has 11 aromatic rings. The Hall–Kier alpha value is -7.02. The summed E-state index contributed by atoms with van der Waals surface area (Å²) >= 11 is 0. The van der Waals surface area contributed by atoms with Crippen molar-refractivity contribution in [2.45, 2.75) is 19.3 Å². The van der Waals surface area contributed by atoms with E-state index in [0.717, 1.165) is 0 Å². The lowest BCUT2D eigenvalue weighted by Gasteiger charge is -2.23. The summed E-state index contributed by atoms with van der Waals surface area (Å²) in [5, 5.41) is 15.5. The predicted molar refractivity (Wildman–Crippen MR) is 245 cm³/mol. The summed E-state index contributed by atoms with van der Waals surface area (Å²) in [4.78, 5) is 0. The van der Waals surface area contributed by atoms with Crippen LogP contribution in [0.2, 0.25) is 0 Å². The summed E-state index contributed by atoms with van der Waals surface area (Å²) in [6.45, 7) is 4.79. The number of benzene rings is 11. The van der Waals surface area contributed by atoms with Crippen LogP contribution in [0.5, 0.6) is 0 Å². The van der Waals surface area contributed by atoms with Crippen molar-refractivity contribution in [1.29, 1.82) is 0 Å². The average molecular weight is 723 g/mol. The van der Waals surface area contributed by atoms with Gasteiger partial charge in [-0.05, 0) is 138 Å². The quantitative estimate of drug-likeness (QED) is 0.159. The number of rotatable bonds is 3. The van der Waals surface area contributed by atoms with E-state index in [1.165, 1.54) is 120 Å². The maximum absolute atomic E-state index is 2.47. The number of hydrogen-bond donors (Lipinski definition) is 0. The molecule has 1 aliphatic carbocycles. The first-order valence-electron chi connectivity index (χ1n) is 20.1. The van der Waals surface area contributed by atoms with Gasteiger partial charge in [0.2, 0.25) is 0 Å². The first-order chi connectivity index (χ1) is 28.0. The van der Waals surface area contributed by atoms with E-state index in [1.807, 2.05) is 0 Å². The lowest BCUT2D eigenvalue weighted by Crippen LogP contribution is -2.15. The molecule has 0 amide bonds. The van der Waals surface area contributed by atoms with Gasteiger partial charge in [0.05, 0.1) is 0 Å². The molecule has 0 spiro atoms. The maximum atomic E-state index is 2.47. The van der Waals surface area contributed by atoms with Crippen LogP contribution in [0.1, 0.15) is 25.0 Å². The molecule has 0 radical (unpaired) electrons. The summed E-state index contributed by atoms with van der Waals surface area (Å²) < 4.78 is 0. The second-order valence-corrected chi connectivity index (χ2v) is 16.4. The van der Waals surface area contributed by atoms with Gasteiger partial charge in [-0.15, -0.1) is 0 Å². The third-order valence-corrected chi connectivity index (χ3v) is 13.0. The third-order valence-electron chi connectivity index (χ3n) is 13.0. The van der Waals surface area contributed by atoms with Crippen molar-refractivity contribution < 1.29 is 0 Å². The Kier molecular flexibility index (Phi) is 6.78. The summed E-state index contributed by atoms with van der Waals surface area (Å²) in [7, 11) is 0. The van der Waals surface area contributed by atoms with Crippen LogP contribution in [-0.2, 0) is 5.41 Å². The Morgan fingerprint density at radius 2 is 0.702 bits per heavy atom. The van der Waals surface area contributed by atoms with E-state index in [0.29, 0.717) is 0 Å². The van der Waals surface area contributed by atoms with Crippen molar-refractivity contribution in [2.75, 3.05) is 0 Å².